The van der Waals surface area contributed by atoms with E-state index in [1.807, 2.05) is 37.2 Å². The van der Waals surface area contributed by atoms with Crippen LogP contribution < -0.4 is 15.4 Å². The van der Waals surface area contributed by atoms with Gasteiger partial charge in [0.25, 0.3) is 5.56 Å². The van der Waals surface area contributed by atoms with Crippen LogP contribution >= 0.6 is 11.3 Å². The average molecular weight is 517 g/mol. The molecule has 2 aromatic heterocycles. The summed E-state index contributed by atoms with van der Waals surface area (Å²) in [6.07, 6.45) is 1.87. The number of thiazole rings is 1. The van der Waals surface area contributed by atoms with Gasteiger partial charge in [-0.25, -0.2) is 9.37 Å². The minimum absolute atomic E-state index is 0.0270. The van der Waals surface area contributed by atoms with Gasteiger partial charge in [0.2, 0.25) is 0 Å². The Morgan fingerprint density at radius 3 is 2.43 bits per heavy atom. The van der Waals surface area contributed by atoms with Crippen LogP contribution in [-0.2, 0) is 6.54 Å². The van der Waals surface area contributed by atoms with Crippen LogP contribution in [0.15, 0.2) is 53.5 Å². The van der Waals surface area contributed by atoms with Crippen molar-refractivity contribution in [2.24, 2.45) is 0 Å². The fraction of sp³-hybridized carbons (Fsp3) is 0.321. The third-order valence-electron chi connectivity index (χ3n) is 7.06. The first-order valence-electron chi connectivity index (χ1n) is 12.5. The first kappa shape index (κ1) is 24.9. The molecule has 0 radical (unpaired) electrons. The van der Waals surface area contributed by atoms with Gasteiger partial charge in [0, 0.05) is 68.0 Å². The van der Waals surface area contributed by atoms with Crippen molar-refractivity contribution in [2.45, 2.75) is 20.4 Å². The monoisotopic (exact) mass is 516 g/mol. The van der Waals surface area contributed by atoms with Gasteiger partial charge in [-0.05, 0) is 55.9 Å². The Morgan fingerprint density at radius 2 is 1.78 bits per heavy atom. The van der Waals surface area contributed by atoms with E-state index in [1.54, 1.807) is 16.7 Å². The smallest absolute Gasteiger partial charge is 0.258 e. The molecule has 0 saturated carbocycles. The Balaban J connectivity index is 1.59. The van der Waals surface area contributed by atoms with E-state index in [9.17, 15) is 14.4 Å². The first-order chi connectivity index (χ1) is 17.9. The highest BCUT2D eigenvalue weighted by Crippen LogP contribution is 2.38. The molecule has 7 nitrogen and oxygen atoms in total. The van der Waals surface area contributed by atoms with Crippen molar-refractivity contribution in [1.82, 2.24) is 14.5 Å². The van der Waals surface area contributed by atoms with E-state index in [1.165, 1.54) is 23.5 Å². The van der Waals surface area contributed by atoms with Crippen LogP contribution in [0, 0.1) is 17.1 Å². The Hall–Kier alpha value is -3.74. The predicted octanol–water partition coefficient (Wildman–Crippen LogP) is 5.07. The zero-order chi connectivity index (χ0) is 26.1. The molecule has 0 bridgehead atoms. The summed E-state index contributed by atoms with van der Waals surface area (Å²) in [4.78, 5) is 25.2. The van der Waals surface area contributed by atoms with Crippen molar-refractivity contribution in [1.29, 1.82) is 5.26 Å². The van der Waals surface area contributed by atoms with Crippen molar-refractivity contribution in [3.63, 3.8) is 0 Å². The maximum atomic E-state index is 13.5. The van der Waals surface area contributed by atoms with Gasteiger partial charge in [-0.2, -0.15) is 5.26 Å². The second-order valence-electron chi connectivity index (χ2n) is 9.11. The Labute approximate surface area is 219 Å². The first-order valence-corrected chi connectivity index (χ1v) is 13.3. The Kier molecular flexibility index (Phi) is 6.96. The summed E-state index contributed by atoms with van der Waals surface area (Å²) in [7, 11) is 1.90. The van der Waals surface area contributed by atoms with E-state index in [2.05, 4.69) is 28.9 Å². The molecular formula is C28H29FN6OS. The molecule has 0 unspecified atom stereocenters. The number of nitriles is 1. The zero-order valence-corrected chi connectivity index (χ0v) is 22.1. The Bertz CT molecular complexity index is 1530. The number of likely N-dealkylation sites (N-methyl/N-ethyl adjacent to an activating group) is 1. The largest absolute Gasteiger partial charge is 0.369 e. The molecule has 0 aliphatic carbocycles. The van der Waals surface area contributed by atoms with E-state index in [-0.39, 0.29) is 11.4 Å². The molecule has 4 aromatic rings. The standard InChI is InChI=1S/C28H29FN6OS/c1-4-33-12-14-35(15-13-33)21-10-11-22-23(16-21)24(18-34(5-2)27(22)36)32(3)28-31-26(25(17-30)37-28)19-6-8-20(29)9-7-19/h6-11,16,18H,4-5,12-15H2,1-3H3. The van der Waals surface area contributed by atoms with Crippen molar-refractivity contribution in [2.75, 3.05) is 49.6 Å². The van der Waals surface area contributed by atoms with E-state index in [4.69, 9.17) is 4.98 Å². The van der Waals surface area contributed by atoms with Crippen LogP contribution in [0.4, 0.5) is 20.9 Å². The molecular weight excluding hydrogens is 487 g/mol. The van der Waals surface area contributed by atoms with Crippen molar-refractivity contribution < 1.29 is 4.39 Å². The number of piperazine rings is 1. The van der Waals surface area contributed by atoms with Gasteiger partial charge < -0.3 is 19.3 Å². The fourth-order valence-electron chi connectivity index (χ4n) is 4.82. The number of rotatable bonds is 6. The summed E-state index contributed by atoms with van der Waals surface area (Å²) in [5.74, 6) is -0.338. The number of aromatic nitrogens is 2. The summed E-state index contributed by atoms with van der Waals surface area (Å²) in [6, 6.07) is 14.3. The SMILES string of the molecule is CCN1CCN(c2ccc3c(=O)n(CC)cc(N(C)c4nc(-c5ccc(F)cc5)c(C#N)s4)c3c2)CC1. The Morgan fingerprint density at radius 1 is 1.05 bits per heavy atom. The van der Waals surface area contributed by atoms with Crippen LogP contribution in [0.1, 0.15) is 18.7 Å². The number of benzene rings is 2. The van der Waals surface area contributed by atoms with Gasteiger partial charge in [-0.3, -0.25) is 4.79 Å². The van der Waals surface area contributed by atoms with E-state index in [0.717, 1.165) is 49.5 Å². The molecule has 1 aliphatic heterocycles. The molecule has 5 rings (SSSR count). The van der Waals surface area contributed by atoms with Gasteiger partial charge in [-0.15, -0.1) is 0 Å². The molecule has 0 spiro atoms. The second kappa shape index (κ2) is 10.3. The van der Waals surface area contributed by atoms with Gasteiger partial charge in [0.15, 0.2) is 5.13 Å². The quantitative estimate of drug-likeness (QED) is 0.357. The average Bonchev–Trinajstić information content (AvgIpc) is 3.38. The summed E-state index contributed by atoms with van der Waals surface area (Å²) in [5.41, 5.74) is 3.12. The summed E-state index contributed by atoms with van der Waals surface area (Å²) >= 11 is 1.28. The number of pyridine rings is 1. The van der Waals surface area contributed by atoms with Gasteiger partial charge >= 0.3 is 0 Å². The minimum atomic E-state index is -0.338. The van der Waals surface area contributed by atoms with Crippen LogP contribution in [0.5, 0.6) is 0 Å². The molecule has 0 N–H and O–H groups in total. The lowest BCUT2D eigenvalue weighted by Crippen LogP contribution is -2.46. The number of nitrogens with zero attached hydrogens (tertiary/aromatic N) is 6. The normalized spacial score (nSPS) is 14.2. The fourth-order valence-corrected chi connectivity index (χ4v) is 5.68. The highest BCUT2D eigenvalue weighted by molar-refractivity contribution is 7.16. The molecule has 3 heterocycles. The summed E-state index contributed by atoms with van der Waals surface area (Å²) in [6.45, 7) is 9.63. The predicted molar refractivity (Wildman–Crippen MR) is 148 cm³/mol. The summed E-state index contributed by atoms with van der Waals surface area (Å²) < 4.78 is 15.2. The molecule has 0 atom stereocenters. The van der Waals surface area contributed by atoms with Crippen LogP contribution in [-0.4, -0.2) is 54.2 Å². The molecule has 0 amide bonds. The zero-order valence-electron chi connectivity index (χ0n) is 21.2. The molecule has 1 fully saturated rings. The van der Waals surface area contributed by atoms with Gasteiger partial charge in [0.05, 0.1) is 5.69 Å². The van der Waals surface area contributed by atoms with E-state index < -0.39 is 0 Å². The highest BCUT2D eigenvalue weighted by Gasteiger charge is 2.21. The minimum Gasteiger partial charge on any atom is -0.369 e. The van der Waals surface area contributed by atoms with Crippen molar-refractivity contribution >= 4 is 38.6 Å². The number of hydrogen-bond donors (Lipinski definition) is 0. The lowest BCUT2D eigenvalue weighted by atomic mass is 10.1. The van der Waals surface area contributed by atoms with Crippen LogP contribution in [0.3, 0.4) is 0 Å². The van der Waals surface area contributed by atoms with Gasteiger partial charge in [-0.1, -0.05) is 18.3 Å². The molecule has 190 valence electrons. The molecule has 2 aromatic carbocycles. The maximum absolute atomic E-state index is 13.5. The molecule has 1 aliphatic rings. The van der Waals surface area contributed by atoms with Crippen LogP contribution in [0.25, 0.3) is 22.0 Å². The third kappa shape index (κ3) is 4.70. The second-order valence-corrected chi connectivity index (χ2v) is 10.1. The summed E-state index contributed by atoms with van der Waals surface area (Å²) in [5, 5.41) is 11.9. The third-order valence-corrected chi connectivity index (χ3v) is 8.09. The highest BCUT2D eigenvalue weighted by atomic mass is 32.1. The molecule has 37 heavy (non-hydrogen) atoms. The van der Waals surface area contributed by atoms with E-state index in [0.29, 0.717) is 33.2 Å². The van der Waals surface area contributed by atoms with Gasteiger partial charge in [0.1, 0.15) is 22.5 Å². The van der Waals surface area contributed by atoms with E-state index >= 15 is 0 Å². The molecule has 1 saturated heterocycles. The number of fused-ring (bicyclic) bond motifs is 1. The van der Waals surface area contributed by atoms with Crippen molar-refractivity contribution in [3.8, 4) is 17.3 Å². The maximum Gasteiger partial charge on any atom is 0.258 e. The van der Waals surface area contributed by atoms with Crippen LogP contribution in [0.2, 0.25) is 0 Å². The topological polar surface area (TPSA) is 68.4 Å². The lowest BCUT2D eigenvalue weighted by Gasteiger charge is -2.35. The number of anilines is 3. The molecule has 9 heteroatoms. The number of halogens is 1. The number of aryl methyl sites for hydroxylation is 1. The van der Waals surface area contributed by atoms with Crippen molar-refractivity contribution in [3.05, 3.63) is 69.7 Å². The lowest BCUT2D eigenvalue weighted by molar-refractivity contribution is 0.271. The number of hydrogen-bond acceptors (Lipinski definition) is 7.